The van der Waals surface area contributed by atoms with E-state index >= 15 is 0 Å². The van der Waals surface area contributed by atoms with Gasteiger partial charge in [-0.2, -0.15) is 0 Å². The van der Waals surface area contributed by atoms with E-state index in [1.165, 1.54) is 12.0 Å². The molecule has 0 aromatic rings. The smallest absolute Gasteiger partial charge is 0.0848 e. The van der Waals surface area contributed by atoms with Crippen molar-refractivity contribution < 1.29 is 5.11 Å². The fraction of sp³-hybridized carbons (Fsp3) is 0.750. The molecule has 1 heterocycles. The van der Waals surface area contributed by atoms with Crippen molar-refractivity contribution in [3.05, 3.63) is 11.6 Å². The van der Waals surface area contributed by atoms with Gasteiger partial charge in [-0.1, -0.05) is 25.0 Å². The number of hydrogen-bond acceptors (Lipinski definition) is 2. The number of aliphatic hydroxyl groups is 1. The van der Waals surface area contributed by atoms with Gasteiger partial charge in [0.05, 0.1) is 6.10 Å². The molecule has 1 unspecified atom stereocenters. The maximum Gasteiger partial charge on any atom is 0.0848 e. The Labute approximate surface area is 61.9 Å². The number of rotatable bonds is 2. The van der Waals surface area contributed by atoms with Crippen LogP contribution in [0.25, 0.3) is 0 Å². The van der Waals surface area contributed by atoms with Crippen LogP contribution in [-0.2, 0) is 0 Å². The van der Waals surface area contributed by atoms with Gasteiger partial charge in [0.1, 0.15) is 0 Å². The van der Waals surface area contributed by atoms with Gasteiger partial charge in [-0.05, 0) is 6.42 Å². The molecule has 0 aromatic heterocycles. The largest absolute Gasteiger partial charge is 0.388 e. The average molecular weight is 141 g/mol. The second-order valence-electron chi connectivity index (χ2n) is 2.77. The number of β-amino-alcohol motifs (C(OH)–C–C–N with tert-alkyl or cyclic N) is 1. The number of aliphatic hydroxyl groups excluding tert-OH is 1. The maximum absolute atomic E-state index is 9.17. The monoisotopic (exact) mass is 141 g/mol. The summed E-state index contributed by atoms with van der Waals surface area (Å²) in [7, 11) is 0. The van der Waals surface area contributed by atoms with E-state index in [0.29, 0.717) is 6.54 Å². The van der Waals surface area contributed by atoms with Crippen molar-refractivity contribution in [1.29, 1.82) is 0 Å². The van der Waals surface area contributed by atoms with Crippen LogP contribution in [0.4, 0.5) is 0 Å². The summed E-state index contributed by atoms with van der Waals surface area (Å²) in [6.45, 7) is 3.83. The molecule has 1 rings (SSSR count). The van der Waals surface area contributed by atoms with Crippen molar-refractivity contribution in [2.24, 2.45) is 0 Å². The Balaban J connectivity index is 2.41. The molecule has 0 aliphatic carbocycles. The van der Waals surface area contributed by atoms with Crippen molar-refractivity contribution in [2.75, 3.05) is 13.1 Å². The third kappa shape index (κ3) is 2.12. The average Bonchev–Trinajstić information content (AvgIpc) is 1.88. The number of nitrogens with one attached hydrogen (secondary N) is 1. The molecule has 2 N–H and O–H groups in total. The van der Waals surface area contributed by atoms with E-state index < -0.39 is 0 Å². The first-order valence-electron chi connectivity index (χ1n) is 3.91. The summed E-state index contributed by atoms with van der Waals surface area (Å²) >= 11 is 0. The third-order valence-corrected chi connectivity index (χ3v) is 1.70. The first-order chi connectivity index (χ1) is 4.83. The topological polar surface area (TPSA) is 32.3 Å². The van der Waals surface area contributed by atoms with E-state index in [0.717, 1.165) is 13.0 Å². The molecule has 10 heavy (non-hydrogen) atoms. The Morgan fingerprint density at radius 1 is 1.80 bits per heavy atom. The van der Waals surface area contributed by atoms with E-state index in [9.17, 15) is 0 Å². The van der Waals surface area contributed by atoms with E-state index in [1.54, 1.807) is 0 Å². The van der Waals surface area contributed by atoms with Crippen LogP contribution in [0.15, 0.2) is 11.6 Å². The van der Waals surface area contributed by atoms with Crippen LogP contribution in [0.2, 0.25) is 0 Å². The second-order valence-corrected chi connectivity index (χ2v) is 2.77. The molecule has 0 amide bonds. The lowest BCUT2D eigenvalue weighted by molar-refractivity contribution is 0.212. The first kappa shape index (κ1) is 7.76. The van der Waals surface area contributed by atoms with Crippen molar-refractivity contribution in [2.45, 2.75) is 25.9 Å². The quantitative estimate of drug-likeness (QED) is 0.554. The molecule has 0 aromatic carbocycles. The minimum atomic E-state index is -0.254. The zero-order chi connectivity index (χ0) is 7.40. The Bertz CT molecular complexity index is 131. The van der Waals surface area contributed by atoms with Gasteiger partial charge in [0.25, 0.3) is 0 Å². The van der Waals surface area contributed by atoms with Gasteiger partial charge >= 0.3 is 0 Å². The molecular formula is C8H15NO. The molecule has 0 saturated carbocycles. The minimum absolute atomic E-state index is 0.254. The summed E-state index contributed by atoms with van der Waals surface area (Å²) in [5.74, 6) is 0. The van der Waals surface area contributed by atoms with Gasteiger partial charge in [-0.3, -0.25) is 0 Å². The van der Waals surface area contributed by atoms with Gasteiger partial charge < -0.3 is 10.4 Å². The molecule has 0 fully saturated rings. The lowest BCUT2D eigenvalue weighted by Gasteiger charge is -2.17. The Hall–Kier alpha value is -0.340. The van der Waals surface area contributed by atoms with Crippen LogP contribution in [0.5, 0.6) is 0 Å². The predicted octanol–water partition coefficient (Wildman–Crippen LogP) is 0.677. The molecule has 1 aliphatic rings. The predicted molar refractivity (Wildman–Crippen MR) is 41.9 cm³/mol. The highest BCUT2D eigenvalue weighted by molar-refractivity contribution is 5.10. The van der Waals surface area contributed by atoms with E-state index in [1.807, 2.05) is 6.08 Å². The highest BCUT2D eigenvalue weighted by Crippen LogP contribution is 2.07. The fourth-order valence-corrected chi connectivity index (χ4v) is 1.26. The van der Waals surface area contributed by atoms with Crippen LogP contribution in [-0.4, -0.2) is 24.3 Å². The molecule has 0 radical (unpaired) electrons. The van der Waals surface area contributed by atoms with Crippen LogP contribution < -0.4 is 5.32 Å². The zero-order valence-corrected chi connectivity index (χ0v) is 6.43. The molecule has 58 valence electrons. The lowest BCUT2D eigenvalue weighted by atomic mass is 10.1. The van der Waals surface area contributed by atoms with E-state index in [-0.39, 0.29) is 6.10 Å². The Morgan fingerprint density at radius 2 is 2.60 bits per heavy atom. The standard InChI is InChI=1S/C8H15NO/c1-2-3-7-4-8(10)6-9-5-7/h4,8-10H,2-3,5-6H2,1H3. The first-order valence-corrected chi connectivity index (χ1v) is 3.91. The fourth-order valence-electron chi connectivity index (χ4n) is 1.26. The number of hydrogen-bond donors (Lipinski definition) is 2. The van der Waals surface area contributed by atoms with Gasteiger partial charge in [-0.25, -0.2) is 0 Å². The third-order valence-electron chi connectivity index (χ3n) is 1.70. The van der Waals surface area contributed by atoms with Crippen LogP contribution >= 0.6 is 0 Å². The summed E-state index contributed by atoms with van der Waals surface area (Å²) in [5.41, 5.74) is 1.35. The molecule has 0 bridgehead atoms. The van der Waals surface area contributed by atoms with Crippen LogP contribution in [0.1, 0.15) is 19.8 Å². The van der Waals surface area contributed by atoms with Gasteiger partial charge in [0.15, 0.2) is 0 Å². The highest BCUT2D eigenvalue weighted by atomic mass is 16.3. The Kier molecular flexibility index (Phi) is 2.90. The van der Waals surface area contributed by atoms with Gasteiger partial charge in [0.2, 0.25) is 0 Å². The Morgan fingerprint density at radius 3 is 3.20 bits per heavy atom. The maximum atomic E-state index is 9.17. The molecule has 1 aliphatic heterocycles. The molecular weight excluding hydrogens is 126 g/mol. The normalized spacial score (nSPS) is 26.2. The summed E-state index contributed by atoms with van der Waals surface area (Å²) in [4.78, 5) is 0. The molecule has 1 atom stereocenters. The summed E-state index contributed by atoms with van der Waals surface area (Å²) < 4.78 is 0. The summed E-state index contributed by atoms with van der Waals surface area (Å²) in [5, 5.41) is 12.3. The van der Waals surface area contributed by atoms with Crippen LogP contribution in [0.3, 0.4) is 0 Å². The highest BCUT2D eigenvalue weighted by Gasteiger charge is 2.07. The van der Waals surface area contributed by atoms with Crippen molar-refractivity contribution >= 4 is 0 Å². The van der Waals surface area contributed by atoms with Crippen molar-refractivity contribution in [3.63, 3.8) is 0 Å². The molecule has 0 saturated heterocycles. The van der Waals surface area contributed by atoms with Gasteiger partial charge in [0, 0.05) is 13.1 Å². The summed E-state index contributed by atoms with van der Waals surface area (Å²) in [6, 6.07) is 0. The SMILES string of the molecule is CCCC1=CC(O)CNC1. The minimum Gasteiger partial charge on any atom is -0.388 e. The van der Waals surface area contributed by atoms with Crippen molar-refractivity contribution in [3.8, 4) is 0 Å². The van der Waals surface area contributed by atoms with E-state index in [2.05, 4.69) is 12.2 Å². The lowest BCUT2D eigenvalue weighted by Crippen LogP contribution is -2.32. The van der Waals surface area contributed by atoms with E-state index in [4.69, 9.17) is 5.11 Å². The summed E-state index contributed by atoms with van der Waals surface area (Å²) in [6.07, 6.45) is 4.00. The zero-order valence-electron chi connectivity index (χ0n) is 6.43. The second kappa shape index (κ2) is 3.74. The molecule has 2 nitrogen and oxygen atoms in total. The van der Waals surface area contributed by atoms with Crippen molar-refractivity contribution in [1.82, 2.24) is 5.32 Å². The van der Waals surface area contributed by atoms with Crippen LogP contribution in [0, 0.1) is 0 Å². The molecule has 2 heteroatoms. The molecule has 0 spiro atoms. The van der Waals surface area contributed by atoms with Gasteiger partial charge in [-0.15, -0.1) is 0 Å².